The van der Waals surface area contributed by atoms with Crippen LogP contribution in [0.25, 0.3) is 0 Å². The maximum absolute atomic E-state index is 11.4. The number of hydrogen-bond acceptors (Lipinski definition) is 2. The molecule has 0 saturated heterocycles. The average Bonchev–Trinajstić information content (AvgIpc) is 2.42. The van der Waals surface area contributed by atoms with Crippen molar-refractivity contribution in [2.45, 2.75) is 49.9 Å². The Hall–Kier alpha value is 0.430. The molecular weight excluding hydrogens is 324 g/mol. The molecule has 0 N–H and O–H groups in total. The van der Waals surface area contributed by atoms with Crippen LogP contribution < -0.4 is 0 Å². The summed E-state index contributed by atoms with van der Waals surface area (Å²) in [6.07, 6.45) is 1.31. The Bertz CT molecular complexity index is 247. The molecule has 0 unspecified atom stereocenters. The SMILES string of the molecule is CCCC(=O)O[C@H](C)[C@H]1C(C)(C)C1(Br)Br. The van der Waals surface area contributed by atoms with E-state index >= 15 is 0 Å². The van der Waals surface area contributed by atoms with E-state index in [0.29, 0.717) is 12.3 Å². The fourth-order valence-electron chi connectivity index (χ4n) is 2.11. The molecular formula is C11H18Br2O2. The number of halogens is 2. The molecule has 2 nitrogen and oxygen atoms in total. The van der Waals surface area contributed by atoms with E-state index in [1.54, 1.807) is 0 Å². The lowest BCUT2D eigenvalue weighted by Crippen LogP contribution is -2.19. The second-order valence-corrected chi connectivity index (χ2v) is 8.33. The van der Waals surface area contributed by atoms with Gasteiger partial charge in [-0.15, -0.1) is 0 Å². The molecule has 88 valence electrons. The highest BCUT2D eigenvalue weighted by Gasteiger charge is 2.71. The Morgan fingerprint density at radius 3 is 2.27 bits per heavy atom. The maximum Gasteiger partial charge on any atom is 0.306 e. The summed E-state index contributed by atoms with van der Waals surface area (Å²) in [5.41, 5.74) is 0.124. The van der Waals surface area contributed by atoms with Crippen molar-refractivity contribution in [1.29, 1.82) is 0 Å². The molecule has 1 saturated carbocycles. The van der Waals surface area contributed by atoms with Gasteiger partial charge in [-0.3, -0.25) is 4.79 Å². The van der Waals surface area contributed by atoms with Gasteiger partial charge in [0.15, 0.2) is 0 Å². The van der Waals surface area contributed by atoms with E-state index in [1.165, 1.54) is 0 Å². The normalized spacial score (nSPS) is 28.3. The van der Waals surface area contributed by atoms with Crippen molar-refractivity contribution in [2.24, 2.45) is 11.3 Å². The first-order valence-corrected chi connectivity index (χ1v) is 6.91. The van der Waals surface area contributed by atoms with Gasteiger partial charge in [0, 0.05) is 12.3 Å². The zero-order valence-corrected chi connectivity index (χ0v) is 12.8. The summed E-state index contributed by atoms with van der Waals surface area (Å²) in [5, 5.41) is 0. The number of esters is 1. The van der Waals surface area contributed by atoms with Crippen LogP contribution in [0.2, 0.25) is 0 Å². The predicted octanol–water partition coefficient (Wildman–Crippen LogP) is 3.86. The largest absolute Gasteiger partial charge is 0.462 e. The monoisotopic (exact) mass is 340 g/mol. The van der Waals surface area contributed by atoms with E-state index in [0.717, 1.165) is 6.42 Å². The van der Waals surface area contributed by atoms with Gasteiger partial charge in [0.1, 0.15) is 6.10 Å². The molecule has 0 aromatic rings. The van der Waals surface area contributed by atoms with E-state index in [4.69, 9.17) is 4.74 Å². The molecule has 0 spiro atoms. The van der Waals surface area contributed by atoms with Crippen LogP contribution in [0.4, 0.5) is 0 Å². The summed E-state index contributed by atoms with van der Waals surface area (Å²) in [4.78, 5) is 11.4. The molecule has 0 heterocycles. The lowest BCUT2D eigenvalue weighted by atomic mass is 10.1. The first-order valence-electron chi connectivity index (χ1n) is 5.32. The van der Waals surface area contributed by atoms with Crippen molar-refractivity contribution < 1.29 is 9.53 Å². The first-order chi connectivity index (χ1) is 6.75. The van der Waals surface area contributed by atoms with Crippen LogP contribution in [-0.4, -0.2) is 15.3 Å². The number of carbonyl (C=O) groups excluding carboxylic acids is 1. The maximum atomic E-state index is 11.4. The van der Waals surface area contributed by atoms with E-state index in [1.807, 2.05) is 13.8 Å². The highest BCUT2D eigenvalue weighted by molar-refractivity contribution is 9.25. The number of hydrogen-bond donors (Lipinski definition) is 0. The Morgan fingerprint density at radius 1 is 1.47 bits per heavy atom. The van der Waals surface area contributed by atoms with E-state index in [9.17, 15) is 4.79 Å². The van der Waals surface area contributed by atoms with Crippen molar-refractivity contribution in [3.63, 3.8) is 0 Å². The van der Waals surface area contributed by atoms with E-state index < -0.39 is 0 Å². The van der Waals surface area contributed by atoms with Gasteiger partial charge >= 0.3 is 5.97 Å². The van der Waals surface area contributed by atoms with Crippen molar-refractivity contribution >= 4 is 37.8 Å². The molecule has 0 radical (unpaired) electrons. The Balaban J connectivity index is 2.51. The third-order valence-electron chi connectivity index (χ3n) is 3.18. The van der Waals surface area contributed by atoms with Gasteiger partial charge in [-0.2, -0.15) is 0 Å². The topological polar surface area (TPSA) is 26.3 Å². The van der Waals surface area contributed by atoms with Crippen LogP contribution >= 0.6 is 31.9 Å². The van der Waals surface area contributed by atoms with Crippen LogP contribution in [0, 0.1) is 11.3 Å². The number of rotatable bonds is 4. The molecule has 0 aromatic carbocycles. The van der Waals surface area contributed by atoms with E-state index in [-0.39, 0.29) is 20.7 Å². The summed E-state index contributed by atoms with van der Waals surface area (Å²) in [6, 6.07) is 0. The molecule has 1 fully saturated rings. The van der Waals surface area contributed by atoms with Crippen molar-refractivity contribution in [3.8, 4) is 0 Å². The van der Waals surface area contributed by atoms with Gasteiger partial charge < -0.3 is 4.74 Å². The van der Waals surface area contributed by atoms with Gasteiger partial charge in [-0.1, -0.05) is 52.6 Å². The quantitative estimate of drug-likeness (QED) is 0.573. The molecule has 0 aliphatic heterocycles. The van der Waals surface area contributed by atoms with Gasteiger partial charge in [-0.25, -0.2) is 0 Å². The van der Waals surface area contributed by atoms with Crippen molar-refractivity contribution in [3.05, 3.63) is 0 Å². The highest BCUT2D eigenvalue weighted by atomic mass is 79.9. The lowest BCUT2D eigenvalue weighted by Gasteiger charge is -2.14. The third-order valence-corrected chi connectivity index (χ3v) is 6.22. The van der Waals surface area contributed by atoms with Crippen LogP contribution in [0.5, 0.6) is 0 Å². The molecule has 1 aliphatic rings. The van der Waals surface area contributed by atoms with Gasteiger partial charge in [0.25, 0.3) is 0 Å². The second-order valence-electron chi connectivity index (χ2n) is 4.77. The van der Waals surface area contributed by atoms with Crippen LogP contribution in [0.15, 0.2) is 0 Å². The average molecular weight is 342 g/mol. The standard InChI is InChI=1S/C11H18Br2O2/c1-5-6-8(14)15-7(2)9-10(3,4)11(9,12)13/h7,9H,5-6H2,1-4H3/t7-,9+/m1/s1. The third kappa shape index (κ3) is 2.41. The summed E-state index contributed by atoms with van der Waals surface area (Å²) < 4.78 is 5.30. The van der Waals surface area contributed by atoms with Crippen LogP contribution in [0.3, 0.4) is 0 Å². The van der Waals surface area contributed by atoms with Gasteiger partial charge in [-0.05, 0) is 18.8 Å². The zero-order chi connectivity index (χ0) is 11.9. The zero-order valence-electron chi connectivity index (χ0n) is 9.64. The highest BCUT2D eigenvalue weighted by Crippen LogP contribution is 2.72. The minimum absolute atomic E-state index is 0.0437. The van der Waals surface area contributed by atoms with Crippen molar-refractivity contribution in [2.75, 3.05) is 0 Å². The van der Waals surface area contributed by atoms with Gasteiger partial charge in [0.2, 0.25) is 0 Å². The van der Waals surface area contributed by atoms with Gasteiger partial charge in [0.05, 0.1) is 3.23 Å². The molecule has 2 atom stereocenters. The number of ether oxygens (including phenoxy) is 1. The van der Waals surface area contributed by atoms with E-state index in [2.05, 4.69) is 45.7 Å². The molecule has 4 heteroatoms. The number of alkyl halides is 2. The summed E-state index contributed by atoms with van der Waals surface area (Å²) in [5.74, 6) is 0.231. The Kier molecular flexibility index (Phi) is 3.92. The number of carbonyl (C=O) groups is 1. The van der Waals surface area contributed by atoms with Crippen molar-refractivity contribution in [1.82, 2.24) is 0 Å². The summed E-state index contributed by atoms with van der Waals surface area (Å²) in [6.45, 7) is 8.26. The Labute approximate surface area is 108 Å². The molecule has 0 amide bonds. The molecule has 0 bridgehead atoms. The second kappa shape index (κ2) is 4.36. The summed E-state index contributed by atoms with van der Waals surface area (Å²) >= 11 is 7.26. The minimum atomic E-state index is -0.0940. The van der Waals surface area contributed by atoms with Crippen LogP contribution in [0.1, 0.15) is 40.5 Å². The lowest BCUT2D eigenvalue weighted by molar-refractivity contribution is -0.149. The molecule has 0 aromatic heterocycles. The smallest absolute Gasteiger partial charge is 0.306 e. The molecule has 15 heavy (non-hydrogen) atoms. The molecule has 1 aliphatic carbocycles. The first kappa shape index (κ1) is 13.5. The minimum Gasteiger partial charge on any atom is -0.462 e. The predicted molar refractivity (Wildman–Crippen MR) is 68.3 cm³/mol. The molecule has 1 rings (SSSR count). The fraction of sp³-hybridized carbons (Fsp3) is 0.909. The van der Waals surface area contributed by atoms with Crippen LogP contribution in [-0.2, 0) is 9.53 Å². The Morgan fingerprint density at radius 2 is 1.93 bits per heavy atom. The fourth-order valence-corrected chi connectivity index (χ4v) is 4.27. The summed E-state index contributed by atoms with van der Waals surface area (Å²) in [7, 11) is 0.